The molecule has 0 bridgehead atoms. The van der Waals surface area contributed by atoms with Gasteiger partial charge in [0.1, 0.15) is 0 Å². The summed E-state index contributed by atoms with van der Waals surface area (Å²) in [5.74, 6) is 0. The Balaban J connectivity index is 1.68. The first kappa shape index (κ1) is 19.1. The van der Waals surface area contributed by atoms with Crippen LogP contribution in [0, 0.1) is 0 Å². The van der Waals surface area contributed by atoms with Gasteiger partial charge in [-0.3, -0.25) is 0 Å². The molecule has 144 valence electrons. The standard InChI is InChI=1S/C18H27N3O4S/c1-14-13-25-11-10-21(14)26(23,24)17-9-5-8-16(12-17)20-18(22)19-15-6-3-2-4-7-15/h5,8-9,12,14-15H,2-4,6-7,10-11,13H2,1H3,(H2,19,20,22). The van der Waals surface area contributed by atoms with Gasteiger partial charge in [-0.05, 0) is 38.0 Å². The van der Waals surface area contributed by atoms with E-state index in [4.69, 9.17) is 4.74 Å². The number of morpholine rings is 1. The zero-order chi connectivity index (χ0) is 18.6. The number of hydrogen-bond acceptors (Lipinski definition) is 4. The van der Waals surface area contributed by atoms with Gasteiger partial charge in [-0.15, -0.1) is 0 Å². The van der Waals surface area contributed by atoms with Crippen LogP contribution in [-0.2, 0) is 14.8 Å². The quantitative estimate of drug-likeness (QED) is 0.839. The summed E-state index contributed by atoms with van der Waals surface area (Å²) in [6, 6.07) is 6.12. The molecule has 0 aromatic heterocycles. The Labute approximate surface area is 155 Å². The summed E-state index contributed by atoms with van der Waals surface area (Å²) in [5.41, 5.74) is 0.472. The van der Waals surface area contributed by atoms with E-state index in [2.05, 4.69) is 10.6 Å². The molecule has 1 unspecified atom stereocenters. The third-order valence-electron chi connectivity index (χ3n) is 4.95. The van der Waals surface area contributed by atoms with Gasteiger partial charge in [0.25, 0.3) is 0 Å². The molecular formula is C18H27N3O4S. The molecule has 1 saturated carbocycles. The van der Waals surface area contributed by atoms with Crippen LogP contribution < -0.4 is 10.6 Å². The summed E-state index contributed by atoms with van der Waals surface area (Å²) in [6.45, 7) is 2.95. The maximum absolute atomic E-state index is 12.9. The van der Waals surface area contributed by atoms with Crippen molar-refractivity contribution in [2.24, 2.45) is 0 Å². The van der Waals surface area contributed by atoms with Crippen molar-refractivity contribution in [1.82, 2.24) is 9.62 Å². The third kappa shape index (κ3) is 4.55. The average molecular weight is 381 g/mol. The lowest BCUT2D eigenvalue weighted by atomic mass is 9.96. The number of amides is 2. The van der Waals surface area contributed by atoms with Gasteiger partial charge in [0.15, 0.2) is 0 Å². The van der Waals surface area contributed by atoms with Gasteiger partial charge in [0.2, 0.25) is 10.0 Å². The molecule has 1 aromatic carbocycles. The topological polar surface area (TPSA) is 87.7 Å². The lowest BCUT2D eigenvalue weighted by Gasteiger charge is -2.32. The normalized spacial score (nSPS) is 22.7. The SMILES string of the molecule is CC1COCCN1S(=O)(=O)c1cccc(NC(=O)NC2CCCCC2)c1. The van der Waals surface area contributed by atoms with Crippen molar-refractivity contribution in [3.05, 3.63) is 24.3 Å². The fraction of sp³-hybridized carbons (Fsp3) is 0.611. The maximum atomic E-state index is 12.9. The summed E-state index contributed by atoms with van der Waals surface area (Å²) in [4.78, 5) is 12.4. The smallest absolute Gasteiger partial charge is 0.319 e. The molecular weight excluding hydrogens is 354 g/mol. The molecule has 3 rings (SSSR count). The third-order valence-corrected chi connectivity index (χ3v) is 6.96. The summed E-state index contributed by atoms with van der Waals surface area (Å²) >= 11 is 0. The molecule has 0 spiro atoms. The lowest BCUT2D eigenvalue weighted by molar-refractivity contribution is 0.0393. The summed E-state index contributed by atoms with van der Waals surface area (Å²) in [5, 5.41) is 5.73. The summed E-state index contributed by atoms with van der Waals surface area (Å²) in [7, 11) is -3.62. The van der Waals surface area contributed by atoms with E-state index in [1.54, 1.807) is 18.2 Å². The number of urea groups is 1. The number of carbonyl (C=O) groups is 1. The average Bonchev–Trinajstić information content (AvgIpc) is 2.63. The number of sulfonamides is 1. The molecule has 1 atom stereocenters. The highest BCUT2D eigenvalue weighted by atomic mass is 32.2. The van der Waals surface area contributed by atoms with Crippen LogP contribution in [0.2, 0.25) is 0 Å². The molecule has 2 amide bonds. The van der Waals surface area contributed by atoms with E-state index < -0.39 is 10.0 Å². The Morgan fingerprint density at radius 1 is 1.23 bits per heavy atom. The Morgan fingerprint density at radius 2 is 2.00 bits per heavy atom. The van der Waals surface area contributed by atoms with Gasteiger partial charge < -0.3 is 15.4 Å². The zero-order valence-electron chi connectivity index (χ0n) is 15.1. The molecule has 2 fully saturated rings. The number of benzene rings is 1. The molecule has 1 saturated heterocycles. The highest BCUT2D eigenvalue weighted by Crippen LogP contribution is 2.23. The van der Waals surface area contributed by atoms with Crippen molar-refractivity contribution >= 4 is 21.7 Å². The van der Waals surface area contributed by atoms with Gasteiger partial charge in [-0.1, -0.05) is 25.3 Å². The van der Waals surface area contributed by atoms with Crippen LogP contribution in [0.3, 0.4) is 0 Å². The Hall–Kier alpha value is -1.64. The van der Waals surface area contributed by atoms with Crippen molar-refractivity contribution in [3.63, 3.8) is 0 Å². The minimum Gasteiger partial charge on any atom is -0.378 e. The molecule has 1 aromatic rings. The van der Waals surface area contributed by atoms with Crippen molar-refractivity contribution < 1.29 is 17.9 Å². The number of rotatable bonds is 4. The van der Waals surface area contributed by atoms with Gasteiger partial charge in [0.05, 0.1) is 18.1 Å². The van der Waals surface area contributed by atoms with E-state index in [1.165, 1.54) is 16.8 Å². The second kappa shape index (κ2) is 8.37. The number of nitrogens with one attached hydrogen (secondary N) is 2. The van der Waals surface area contributed by atoms with E-state index in [9.17, 15) is 13.2 Å². The fourth-order valence-corrected chi connectivity index (χ4v) is 5.18. The number of carbonyl (C=O) groups excluding carboxylic acids is 1. The molecule has 1 aliphatic carbocycles. The predicted octanol–water partition coefficient (Wildman–Crippen LogP) is 2.55. The Kier molecular flexibility index (Phi) is 6.16. The highest BCUT2D eigenvalue weighted by Gasteiger charge is 2.31. The predicted molar refractivity (Wildman–Crippen MR) is 99.6 cm³/mol. The van der Waals surface area contributed by atoms with Crippen molar-refractivity contribution in [1.29, 1.82) is 0 Å². The van der Waals surface area contributed by atoms with Crippen LogP contribution in [0.4, 0.5) is 10.5 Å². The molecule has 2 aliphatic rings. The van der Waals surface area contributed by atoms with Gasteiger partial charge in [-0.25, -0.2) is 13.2 Å². The minimum absolute atomic E-state index is 0.182. The molecule has 2 N–H and O–H groups in total. The van der Waals surface area contributed by atoms with Crippen LogP contribution >= 0.6 is 0 Å². The lowest BCUT2D eigenvalue weighted by Crippen LogP contribution is -2.46. The maximum Gasteiger partial charge on any atom is 0.319 e. The summed E-state index contributed by atoms with van der Waals surface area (Å²) < 4.78 is 32.6. The minimum atomic E-state index is -3.62. The number of ether oxygens (including phenoxy) is 1. The molecule has 1 aliphatic heterocycles. The van der Waals surface area contributed by atoms with Gasteiger partial charge >= 0.3 is 6.03 Å². The van der Waals surface area contributed by atoms with Crippen LogP contribution in [-0.4, -0.2) is 50.6 Å². The second-order valence-corrected chi connectivity index (χ2v) is 8.89. The zero-order valence-corrected chi connectivity index (χ0v) is 15.9. The highest BCUT2D eigenvalue weighted by molar-refractivity contribution is 7.89. The van der Waals surface area contributed by atoms with Crippen LogP contribution in [0.1, 0.15) is 39.0 Å². The Morgan fingerprint density at radius 3 is 2.73 bits per heavy atom. The van der Waals surface area contributed by atoms with Crippen molar-refractivity contribution in [3.8, 4) is 0 Å². The van der Waals surface area contributed by atoms with E-state index in [-0.39, 0.29) is 23.0 Å². The summed E-state index contributed by atoms with van der Waals surface area (Å²) in [6.07, 6.45) is 5.49. The molecule has 26 heavy (non-hydrogen) atoms. The largest absolute Gasteiger partial charge is 0.378 e. The molecule has 7 nitrogen and oxygen atoms in total. The van der Waals surface area contributed by atoms with Crippen LogP contribution in [0.15, 0.2) is 29.2 Å². The first-order valence-electron chi connectivity index (χ1n) is 9.24. The molecule has 0 radical (unpaired) electrons. The van der Waals surface area contributed by atoms with E-state index in [0.717, 1.165) is 25.7 Å². The number of hydrogen-bond donors (Lipinski definition) is 2. The number of nitrogens with zero attached hydrogens (tertiary/aromatic N) is 1. The first-order chi connectivity index (χ1) is 12.5. The van der Waals surface area contributed by atoms with E-state index in [0.29, 0.717) is 25.4 Å². The monoisotopic (exact) mass is 381 g/mol. The van der Waals surface area contributed by atoms with Gasteiger partial charge in [0, 0.05) is 24.3 Å². The van der Waals surface area contributed by atoms with E-state index >= 15 is 0 Å². The second-order valence-electron chi connectivity index (χ2n) is 7.00. The van der Waals surface area contributed by atoms with Crippen molar-refractivity contribution in [2.45, 2.75) is 56.0 Å². The first-order valence-corrected chi connectivity index (χ1v) is 10.7. The Bertz CT molecular complexity index is 732. The molecule has 1 heterocycles. The fourth-order valence-electron chi connectivity index (χ4n) is 3.54. The number of anilines is 1. The van der Waals surface area contributed by atoms with Crippen molar-refractivity contribution in [2.75, 3.05) is 25.1 Å². The van der Waals surface area contributed by atoms with E-state index in [1.807, 2.05) is 6.92 Å². The van der Waals surface area contributed by atoms with Crippen LogP contribution in [0.5, 0.6) is 0 Å². The van der Waals surface area contributed by atoms with Crippen LogP contribution in [0.25, 0.3) is 0 Å². The van der Waals surface area contributed by atoms with Gasteiger partial charge in [-0.2, -0.15) is 4.31 Å². The molecule has 8 heteroatoms.